The maximum absolute atomic E-state index is 6.22. The second kappa shape index (κ2) is 21.7. The molecule has 0 amide bonds. The van der Waals surface area contributed by atoms with Crippen LogP contribution in [0.1, 0.15) is 62.6 Å². The fourth-order valence-electron chi connectivity index (χ4n) is 7.89. The zero-order chi connectivity index (χ0) is 44.7. The van der Waals surface area contributed by atoms with Crippen molar-refractivity contribution in [2.75, 3.05) is 4.90 Å². The topological polar surface area (TPSA) is 16.4 Å². The Morgan fingerprint density at radius 2 is 1.35 bits per heavy atom. The predicted octanol–water partition coefficient (Wildman–Crippen LogP) is 16.0. The standard InChI is InChI=1S/C61H57NO/c1-10-17-19-26-44(8)54-41-38-48(42-49(54)28-24-33-61-53(15-6)58(25-12-3)60(16-7)63-61)47-36-39-52(40-37-47)62(51(14-5)29-18-11-2)45(9)34-35-46(13-4)59-43-50-27-20-21-30-55(50)56-31-22-23-32-57(56)59/h10-43H,1,4-5,7H2,2-3,6,8-9H3/b18-11-,19-17-,25-12-,28-24+,44-26+,45-34+,46-35+,51-29+,53-15-,61-33+. The summed E-state index contributed by atoms with van der Waals surface area (Å²) < 4.78 is 6.22. The molecule has 0 bridgehead atoms. The minimum Gasteiger partial charge on any atom is -0.456 e. The van der Waals surface area contributed by atoms with Crippen molar-refractivity contribution in [2.45, 2.75) is 34.6 Å². The largest absolute Gasteiger partial charge is 0.456 e. The van der Waals surface area contributed by atoms with Gasteiger partial charge in [-0.15, -0.1) is 0 Å². The first kappa shape index (κ1) is 44.9. The van der Waals surface area contributed by atoms with Gasteiger partial charge in [-0.3, -0.25) is 0 Å². The molecule has 0 saturated heterocycles. The third kappa shape index (κ3) is 10.3. The van der Waals surface area contributed by atoms with Gasteiger partial charge in [-0.05, 0) is 150 Å². The first-order chi connectivity index (χ1) is 30.8. The first-order valence-corrected chi connectivity index (χ1v) is 21.4. The maximum Gasteiger partial charge on any atom is 0.135 e. The smallest absolute Gasteiger partial charge is 0.135 e. The van der Waals surface area contributed by atoms with E-state index in [-0.39, 0.29) is 0 Å². The minimum atomic E-state index is 0.759. The van der Waals surface area contributed by atoms with E-state index >= 15 is 0 Å². The Kier molecular flexibility index (Phi) is 15.5. The van der Waals surface area contributed by atoms with Crippen LogP contribution in [-0.4, -0.2) is 0 Å². The average Bonchev–Trinajstić information content (AvgIpc) is 3.66. The lowest BCUT2D eigenvalue weighted by molar-refractivity contribution is 0.522. The lowest BCUT2D eigenvalue weighted by Crippen LogP contribution is -2.20. The third-order valence-corrected chi connectivity index (χ3v) is 11.0. The quantitative estimate of drug-likeness (QED) is 0.0714. The lowest BCUT2D eigenvalue weighted by atomic mass is 9.93. The molecule has 6 aromatic rings. The van der Waals surface area contributed by atoms with E-state index in [0.29, 0.717) is 0 Å². The SMILES string of the molecule is C=C/C=C\C=C(/C)c1ccc(-c2ccc(N(/C(C)=C/C=C(\C=C)c3cc4ccccc4c4ccccc34)/C(C=C)=C/C=C\C)cc2)cc1/C=C/C=c1/oc(C=C)c(/C=C\C)/c1=C/C. The van der Waals surface area contributed by atoms with Crippen molar-refractivity contribution in [2.24, 2.45) is 0 Å². The Balaban J connectivity index is 1.41. The molecule has 1 aromatic heterocycles. The summed E-state index contributed by atoms with van der Waals surface area (Å²) in [5, 5.41) is 5.91. The van der Waals surface area contributed by atoms with Crippen LogP contribution in [0.25, 0.3) is 74.2 Å². The molecule has 5 aromatic carbocycles. The molecule has 2 heteroatoms. The van der Waals surface area contributed by atoms with E-state index in [4.69, 9.17) is 4.42 Å². The monoisotopic (exact) mass is 819 g/mol. The number of rotatable bonds is 16. The lowest BCUT2D eigenvalue weighted by Gasteiger charge is -2.27. The summed E-state index contributed by atoms with van der Waals surface area (Å²) in [5.41, 5.74) is 12.6. The van der Waals surface area contributed by atoms with Gasteiger partial charge in [0.2, 0.25) is 0 Å². The highest BCUT2D eigenvalue weighted by Crippen LogP contribution is 2.35. The van der Waals surface area contributed by atoms with E-state index in [0.717, 1.165) is 78.0 Å². The van der Waals surface area contributed by atoms with Crippen molar-refractivity contribution < 1.29 is 4.42 Å². The normalized spacial score (nSPS) is 13.7. The molecule has 312 valence electrons. The number of allylic oxidation sites excluding steroid dienone is 16. The van der Waals surface area contributed by atoms with Crippen LogP contribution in [0.15, 0.2) is 218 Å². The minimum absolute atomic E-state index is 0.759. The van der Waals surface area contributed by atoms with Crippen molar-refractivity contribution >= 4 is 68.8 Å². The van der Waals surface area contributed by atoms with Crippen molar-refractivity contribution in [3.05, 3.63) is 252 Å². The number of hydrogen-bond acceptors (Lipinski definition) is 2. The van der Waals surface area contributed by atoms with E-state index in [1.165, 1.54) is 21.5 Å². The maximum atomic E-state index is 6.22. The summed E-state index contributed by atoms with van der Waals surface area (Å²) in [6.45, 7) is 26.6. The van der Waals surface area contributed by atoms with E-state index in [9.17, 15) is 0 Å². The molecular weight excluding hydrogens is 763 g/mol. The summed E-state index contributed by atoms with van der Waals surface area (Å²) in [6, 6.07) is 34.8. The predicted molar refractivity (Wildman–Crippen MR) is 280 cm³/mol. The van der Waals surface area contributed by atoms with Gasteiger partial charge < -0.3 is 9.32 Å². The van der Waals surface area contributed by atoms with Crippen LogP contribution >= 0.6 is 0 Å². The number of nitrogens with zero attached hydrogens (tertiary/aromatic N) is 1. The molecule has 0 aliphatic rings. The molecule has 1 heterocycles. The average molecular weight is 820 g/mol. The van der Waals surface area contributed by atoms with Gasteiger partial charge >= 0.3 is 0 Å². The van der Waals surface area contributed by atoms with Crippen LogP contribution in [0.4, 0.5) is 5.69 Å². The van der Waals surface area contributed by atoms with Crippen LogP contribution < -0.4 is 15.5 Å². The first-order valence-electron chi connectivity index (χ1n) is 21.4. The Morgan fingerprint density at radius 3 is 2.03 bits per heavy atom. The summed E-state index contributed by atoms with van der Waals surface area (Å²) in [7, 11) is 0. The van der Waals surface area contributed by atoms with E-state index in [1.54, 1.807) is 12.2 Å². The van der Waals surface area contributed by atoms with Gasteiger partial charge in [0.25, 0.3) is 0 Å². The molecule has 0 unspecified atom stereocenters. The molecule has 0 N–H and O–H groups in total. The molecule has 2 nitrogen and oxygen atoms in total. The molecular formula is C61H57NO. The Morgan fingerprint density at radius 1 is 0.619 bits per heavy atom. The molecule has 0 aliphatic heterocycles. The second-order valence-corrected chi connectivity index (χ2v) is 15.0. The fourth-order valence-corrected chi connectivity index (χ4v) is 7.89. The Bertz CT molecular complexity index is 3050. The van der Waals surface area contributed by atoms with E-state index in [2.05, 4.69) is 191 Å². The Labute approximate surface area is 374 Å². The van der Waals surface area contributed by atoms with Gasteiger partial charge in [0, 0.05) is 27.9 Å². The molecule has 0 fully saturated rings. The molecule has 0 spiro atoms. The van der Waals surface area contributed by atoms with Crippen LogP contribution in [0, 0.1) is 0 Å². The second-order valence-electron chi connectivity index (χ2n) is 15.0. The van der Waals surface area contributed by atoms with Gasteiger partial charge in [-0.1, -0.05) is 178 Å². The van der Waals surface area contributed by atoms with Crippen molar-refractivity contribution in [3.8, 4) is 11.1 Å². The summed E-state index contributed by atoms with van der Waals surface area (Å²) >= 11 is 0. The summed E-state index contributed by atoms with van der Waals surface area (Å²) in [5.74, 6) is 0.759. The van der Waals surface area contributed by atoms with Crippen LogP contribution in [0.2, 0.25) is 0 Å². The molecule has 0 radical (unpaired) electrons. The van der Waals surface area contributed by atoms with Gasteiger partial charge in [-0.25, -0.2) is 0 Å². The molecule has 63 heavy (non-hydrogen) atoms. The van der Waals surface area contributed by atoms with Gasteiger partial charge in [0.05, 0.1) is 0 Å². The number of furan rings is 1. The molecule has 0 atom stereocenters. The fraction of sp³-hybridized carbons (Fsp3) is 0.0820. The summed E-state index contributed by atoms with van der Waals surface area (Å²) in [6.07, 6.45) is 36.4. The summed E-state index contributed by atoms with van der Waals surface area (Å²) in [4.78, 5) is 2.24. The van der Waals surface area contributed by atoms with Crippen molar-refractivity contribution in [3.63, 3.8) is 0 Å². The highest BCUT2D eigenvalue weighted by atomic mass is 16.3. The van der Waals surface area contributed by atoms with E-state index in [1.807, 2.05) is 69.4 Å². The molecule has 0 saturated carbocycles. The number of anilines is 1. The zero-order valence-corrected chi connectivity index (χ0v) is 37.3. The zero-order valence-electron chi connectivity index (χ0n) is 37.3. The van der Waals surface area contributed by atoms with Crippen LogP contribution in [0.5, 0.6) is 0 Å². The highest BCUT2D eigenvalue weighted by molar-refractivity contribution is 6.12. The molecule has 0 aliphatic carbocycles. The Hall–Kier alpha value is -7.68. The number of hydrogen-bond donors (Lipinski definition) is 0. The third-order valence-electron chi connectivity index (χ3n) is 11.0. The van der Waals surface area contributed by atoms with Gasteiger partial charge in [0.1, 0.15) is 11.2 Å². The number of fused-ring (bicyclic) bond motifs is 3. The van der Waals surface area contributed by atoms with Crippen molar-refractivity contribution in [1.82, 2.24) is 0 Å². The van der Waals surface area contributed by atoms with Crippen LogP contribution in [-0.2, 0) is 0 Å². The van der Waals surface area contributed by atoms with E-state index < -0.39 is 0 Å². The van der Waals surface area contributed by atoms with Crippen LogP contribution in [0.3, 0.4) is 0 Å². The highest BCUT2D eigenvalue weighted by Gasteiger charge is 2.14. The van der Waals surface area contributed by atoms with Crippen molar-refractivity contribution in [1.29, 1.82) is 0 Å². The van der Waals surface area contributed by atoms with Gasteiger partial charge in [-0.2, -0.15) is 0 Å². The molecule has 6 rings (SSSR count). The van der Waals surface area contributed by atoms with Gasteiger partial charge in [0.15, 0.2) is 0 Å². The number of benzene rings is 5.